The molecule has 4 heteroatoms. The molecular formula is C14H20ClNO2. The molecule has 0 spiro atoms. The van der Waals surface area contributed by atoms with Crippen LogP contribution in [0.25, 0.3) is 0 Å². The van der Waals surface area contributed by atoms with Gasteiger partial charge in [-0.2, -0.15) is 0 Å². The Labute approximate surface area is 113 Å². The Kier molecular flexibility index (Phi) is 5.03. The molecule has 0 bridgehead atoms. The van der Waals surface area contributed by atoms with E-state index in [1.807, 2.05) is 32.9 Å². The molecule has 0 aliphatic heterocycles. The maximum atomic E-state index is 11.3. The highest BCUT2D eigenvalue weighted by Crippen LogP contribution is 2.21. The molecule has 0 unspecified atom stereocenters. The van der Waals surface area contributed by atoms with Gasteiger partial charge in [-0.3, -0.25) is 4.79 Å². The fourth-order valence-corrected chi connectivity index (χ4v) is 2.08. The monoisotopic (exact) mass is 269 g/mol. The van der Waals surface area contributed by atoms with Gasteiger partial charge in [0.2, 0.25) is 5.91 Å². The largest absolute Gasteiger partial charge is 0.496 e. The summed E-state index contributed by atoms with van der Waals surface area (Å²) in [6.45, 7) is 5.97. The van der Waals surface area contributed by atoms with Crippen molar-refractivity contribution in [3.8, 4) is 5.75 Å². The van der Waals surface area contributed by atoms with Crippen LogP contribution >= 0.6 is 11.6 Å². The van der Waals surface area contributed by atoms with Gasteiger partial charge >= 0.3 is 0 Å². The molecule has 0 aliphatic rings. The summed E-state index contributed by atoms with van der Waals surface area (Å²) >= 11 is 5.50. The normalized spacial score (nSPS) is 11.2. The third-order valence-corrected chi connectivity index (χ3v) is 2.95. The fourth-order valence-electron chi connectivity index (χ4n) is 2.02. The van der Waals surface area contributed by atoms with Crippen molar-refractivity contribution in [2.75, 3.05) is 13.0 Å². The molecule has 0 saturated heterocycles. The maximum Gasteiger partial charge on any atom is 0.235 e. The van der Waals surface area contributed by atoms with Crippen LogP contribution in [0.15, 0.2) is 18.2 Å². The Morgan fingerprint density at radius 2 is 2.11 bits per heavy atom. The summed E-state index contributed by atoms with van der Waals surface area (Å²) < 4.78 is 5.22. The molecule has 18 heavy (non-hydrogen) atoms. The van der Waals surface area contributed by atoms with E-state index in [2.05, 4.69) is 11.4 Å². The van der Waals surface area contributed by atoms with Crippen molar-refractivity contribution < 1.29 is 9.53 Å². The van der Waals surface area contributed by atoms with Gasteiger partial charge < -0.3 is 10.1 Å². The zero-order valence-corrected chi connectivity index (χ0v) is 12.1. The highest BCUT2D eigenvalue weighted by Gasteiger charge is 2.20. The summed E-state index contributed by atoms with van der Waals surface area (Å²) in [6, 6.07) is 6.04. The molecule has 1 aromatic carbocycles. The number of alkyl halides is 1. The number of hydrogen-bond acceptors (Lipinski definition) is 2. The van der Waals surface area contributed by atoms with Crippen molar-refractivity contribution >= 4 is 17.5 Å². The van der Waals surface area contributed by atoms with Gasteiger partial charge in [0.15, 0.2) is 0 Å². The Morgan fingerprint density at radius 3 is 2.61 bits per heavy atom. The van der Waals surface area contributed by atoms with E-state index in [1.54, 1.807) is 7.11 Å². The van der Waals surface area contributed by atoms with Gasteiger partial charge in [-0.05, 0) is 44.4 Å². The first-order valence-electron chi connectivity index (χ1n) is 5.88. The predicted molar refractivity (Wildman–Crippen MR) is 74.4 cm³/mol. The first kappa shape index (κ1) is 14.8. The number of ether oxygens (including phenoxy) is 1. The standard InChI is InChI=1S/C14H20ClNO2/c1-10-7-11(5-6-12(10)18-4)8-14(2,3)16-13(17)9-15/h5-7H,8-9H2,1-4H3,(H,16,17). The maximum absolute atomic E-state index is 11.3. The fraction of sp³-hybridized carbons (Fsp3) is 0.500. The van der Waals surface area contributed by atoms with Crippen LogP contribution in [0.2, 0.25) is 0 Å². The lowest BCUT2D eigenvalue weighted by molar-refractivity contribution is -0.120. The zero-order valence-electron chi connectivity index (χ0n) is 11.3. The van der Waals surface area contributed by atoms with Crippen molar-refractivity contribution in [3.63, 3.8) is 0 Å². The van der Waals surface area contributed by atoms with E-state index in [-0.39, 0.29) is 17.3 Å². The molecule has 0 heterocycles. The molecule has 1 rings (SSSR count). The average Bonchev–Trinajstić information content (AvgIpc) is 2.27. The van der Waals surface area contributed by atoms with Gasteiger partial charge in [0.05, 0.1) is 7.11 Å². The molecule has 0 fully saturated rings. The third-order valence-electron chi connectivity index (χ3n) is 2.70. The average molecular weight is 270 g/mol. The second kappa shape index (κ2) is 6.10. The van der Waals surface area contributed by atoms with Gasteiger partial charge in [-0.1, -0.05) is 12.1 Å². The Bertz CT molecular complexity index is 430. The molecule has 1 amide bonds. The van der Waals surface area contributed by atoms with Gasteiger partial charge in [0, 0.05) is 5.54 Å². The number of rotatable bonds is 5. The molecule has 0 radical (unpaired) electrons. The minimum atomic E-state index is -0.312. The number of carbonyl (C=O) groups is 1. The molecule has 1 N–H and O–H groups in total. The van der Waals surface area contributed by atoms with Crippen molar-refractivity contribution in [2.24, 2.45) is 0 Å². The van der Waals surface area contributed by atoms with Gasteiger partial charge in [0.1, 0.15) is 11.6 Å². The molecular weight excluding hydrogens is 250 g/mol. The molecule has 100 valence electrons. The summed E-state index contributed by atoms with van der Waals surface area (Å²) in [5.74, 6) is 0.721. The second-order valence-electron chi connectivity index (χ2n) is 5.05. The molecule has 0 atom stereocenters. The molecule has 0 saturated carbocycles. The van der Waals surface area contributed by atoms with E-state index in [0.29, 0.717) is 0 Å². The smallest absolute Gasteiger partial charge is 0.235 e. The summed E-state index contributed by atoms with van der Waals surface area (Å²) in [6.07, 6.45) is 0.750. The number of nitrogens with one attached hydrogen (secondary N) is 1. The Hall–Kier alpha value is -1.22. The molecule has 1 aromatic rings. The van der Waals surface area contributed by atoms with E-state index in [0.717, 1.165) is 23.3 Å². The number of benzene rings is 1. The molecule has 3 nitrogen and oxygen atoms in total. The number of amides is 1. The topological polar surface area (TPSA) is 38.3 Å². The summed E-state index contributed by atoms with van der Waals surface area (Å²) in [5, 5.41) is 2.90. The van der Waals surface area contributed by atoms with Gasteiger partial charge in [-0.25, -0.2) is 0 Å². The zero-order chi connectivity index (χ0) is 13.8. The van der Waals surface area contributed by atoms with Gasteiger partial charge in [0.25, 0.3) is 0 Å². The SMILES string of the molecule is COc1ccc(CC(C)(C)NC(=O)CCl)cc1C. The van der Waals surface area contributed by atoms with Crippen LogP contribution in [-0.2, 0) is 11.2 Å². The van der Waals surface area contributed by atoms with Crippen LogP contribution < -0.4 is 10.1 Å². The Balaban J connectivity index is 2.77. The van der Waals surface area contributed by atoms with Crippen molar-refractivity contribution in [1.82, 2.24) is 5.32 Å². The van der Waals surface area contributed by atoms with E-state index in [9.17, 15) is 4.79 Å². The number of hydrogen-bond donors (Lipinski definition) is 1. The van der Waals surface area contributed by atoms with Crippen LogP contribution in [0.5, 0.6) is 5.75 Å². The van der Waals surface area contributed by atoms with Gasteiger partial charge in [-0.15, -0.1) is 11.6 Å². The minimum Gasteiger partial charge on any atom is -0.496 e. The first-order valence-corrected chi connectivity index (χ1v) is 6.42. The molecule has 0 aromatic heterocycles. The lowest BCUT2D eigenvalue weighted by Gasteiger charge is -2.26. The van der Waals surface area contributed by atoms with Crippen molar-refractivity contribution in [3.05, 3.63) is 29.3 Å². The van der Waals surface area contributed by atoms with E-state index in [4.69, 9.17) is 16.3 Å². The van der Waals surface area contributed by atoms with Crippen LogP contribution in [0, 0.1) is 6.92 Å². The van der Waals surface area contributed by atoms with E-state index >= 15 is 0 Å². The lowest BCUT2D eigenvalue weighted by Crippen LogP contribution is -2.45. The summed E-state index contributed by atoms with van der Waals surface area (Å²) in [7, 11) is 1.66. The lowest BCUT2D eigenvalue weighted by atomic mass is 9.94. The van der Waals surface area contributed by atoms with Crippen molar-refractivity contribution in [2.45, 2.75) is 32.7 Å². The predicted octanol–water partition coefficient (Wildman–Crippen LogP) is 2.68. The minimum absolute atomic E-state index is 0.00886. The number of methoxy groups -OCH3 is 1. The highest BCUT2D eigenvalue weighted by molar-refractivity contribution is 6.27. The Morgan fingerprint density at radius 1 is 1.44 bits per heavy atom. The van der Waals surface area contributed by atoms with Crippen LogP contribution in [0.3, 0.4) is 0 Å². The van der Waals surface area contributed by atoms with E-state index < -0.39 is 0 Å². The van der Waals surface area contributed by atoms with E-state index in [1.165, 1.54) is 0 Å². The molecule has 0 aliphatic carbocycles. The summed E-state index contributed by atoms with van der Waals surface area (Å²) in [4.78, 5) is 11.3. The van der Waals surface area contributed by atoms with Crippen LogP contribution in [0.4, 0.5) is 0 Å². The van der Waals surface area contributed by atoms with Crippen LogP contribution in [-0.4, -0.2) is 24.4 Å². The number of aryl methyl sites for hydroxylation is 1. The number of halogens is 1. The third kappa shape index (κ3) is 4.22. The quantitative estimate of drug-likeness (QED) is 0.835. The first-order chi connectivity index (χ1) is 8.38. The van der Waals surface area contributed by atoms with Crippen molar-refractivity contribution in [1.29, 1.82) is 0 Å². The van der Waals surface area contributed by atoms with Crippen LogP contribution in [0.1, 0.15) is 25.0 Å². The second-order valence-corrected chi connectivity index (χ2v) is 5.31. The highest BCUT2D eigenvalue weighted by atomic mass is 35.5. The number of carbonyl (C=O) groups excluding carboxylic acids is 1. The summed E-state index contributed by atoms with van der Waals surface area (Å²) in [5.41, 5.74) is 1.94.